The highest BCUT2D eigenvalue weighted by molar-refractivity contribution is 5.80. The highest BCUT2D eigenvalue weighted by atomic mass is 16.3. The van der Waals surface area contributed by atoms with Crippen LogP contribution in [0.4, 0.5) is 0 Å². The number of furan rings is 1. The third kappa shape index (κ3) is 1.27. The third-order valence-corrected chi connectivity index (χ3v) is 3.11. The first kappa shape index (κ1) is 8.65. The molecule has 1 aliphatic carbocycles. The lowest BCUT2D eigenvalue weighted by Crippen LogP contribution is -1.95. The second-order valence-electron chi connectivity index (χ2n) is 4.41. The summed E-state index contributed by atoms with van der Waals surface area (Å²) in [6.07, 6.45) is 3.10. The van der Waals surface area contributed by atoms with E-state index >= 15 is 0 Å². The fourth-order valence-electron chi connectivity index (χ4n) is 1.74. The quantitative estimate of drug-likeness (QED) is 0.701. The predicted octanol–water partition coefficient (Wildman–Crippen LogP) is 2.69. The summed E-state index contributed by atoms with van der Waals surface area (Å²) in [6.45, 7) is 2.19. The molecule has 2 aromatic heterocycles. The lowest BCUT2D eigenvalue weighted by atomic mass is 10.1. The van der Waals surface area contributed by atoms with Gasteiger partial charge in [0.1, 0.15) is 17.0 Å². The van der Waals surface area contributed by atoms with E-state index in [0.717, 1.165) is 23.1 Å². The molecule has 0 N–H and O–H groups in total. The van der Waals surface area contributed by atoms with E-state index in [2.05, 4.69) is 11.9 Å². The first-order valence-corrected chi connectivity index (χ1v) is 5.07. The fraction of sp³-hybridized carbons (Fsp3) is 0.333. The van der Waals surface area contributed by atoms with Crippen LogP contribution in [0.3, 0.4) is 0 Å². The van der Waals surface area contributed by atoms with E-state index in [-0.39, 0.29) is 5.41 Å². The van der Waals surface area contributed by atoms with Gasteiger partial charge in [0.05, 0.1) is 0 Å². The monoisotopic (exact) mass is 201 g/mol. The first-order chi connectivity index (χ1) is 7.21. The van der Waals surface area contributed by atoms with Crippen LogP contribution in [-0.2, 0) is 5.41 Å². The molecule has 15 heavy (non-hydrogen) atoms. The second kappa shape index (κ2) is 2.69. The number of hydrogen-bond donors (Lipinski definition) is 0. The van der Waals surface area contributed by atoms with E-state index in [9.17, 15) is 4.79 Å². The molecule has 3 nitrogen and oxygen atoms in total. The number of fused-ring (bicyclic) bond motifs is 1. The van der Waals surface area contributed by atoms with Crippen molar-refractivity contribution < 1.29 is 9.21 Å². The Hall–Kier alpha value is -1.64. The standard InChI is InChI=1S/C12H11NO2/c1-12(4-5-12)11-6-9-10(15-11)3-2-8(7-14)13-9/h2-3,6-7H,4-5H2,1H3. The van der Waals surface area contributed by atoms with E-state index in [1.54, 1.807) is 12.1 Å². The average Bonchev–Trinajstić information content (AvgIpc) is 2.85. The van der Waals surface area contributed by atoms with Gasteiger partial charge in [0.2, 0.25) is 0 Å². The van der Waals surface area contributed by atoms with Gasteiger partial charge in [-0.1, -0.05) is 6.92 Å². The molecule has 0 atom stereocenters. The summed E-state index contributed by atoms with van der Waals surface area (Å²) in [4.78, 5) is 14.8. The molecule has 76 valence electrons. The SMILES string of the molecule is CC1(c2cc3nc(C=O)ccc3o2)CC1. The van der Waals surface area contributed by atoms with Gasteiger partial charge in [-0.2, -0.15) is 0 Å². The van der Waals surface area contributed by atoms with E-state index in [0.29, 0.717) is 5.69 Å². The average molecular weight is 201 g/mol. The summed E-state index contributed by atoms with van der Waals surface area (Å²) in [5.74, 6) is 0.994. The van der Waals surface area contributed by atoms with E-state index < -0.39 is 0 Å². The Morgan fingerprint density at radius 1 is 1.47 bits per heavy atom. The molecule has 0 aromatic carbocycles. The molecule has 0 unspecified atom stereocenters. The largest absolute Gasteiger partial charge is 0.459 e. The Balaban J connectivity index is 2.17. The Kier molecular flexibility index (Phi) is 1.55. The maximum Gasteiger partial charge on any atom is 0.168 e. The van der Waals surface area contributed by atoms with Gasteiger partial charge in [-0.05, 0) is 25.0 Å². The number of nitrogens with zero attached hydrogens (tertiary/aromatic N) is 1. The van der Waals surface area contributed by atoms with Gasteiger partial charge >= 0.3 is 0 Å². The Bertz CT molecular complexity index is 538. The van der Waals surface area contributed by atoms with Crippen LogP contribution in [0, 0.1) is 0 Å². The molecule has 2 heterocycles. The van der Waals surface area contributed by atoms with Crippen LogP contribution in [-0.4, -0.2) is 11.3 Å². The summed E-state index contributed by atoms with van der Waals surface area (Å²) >= 11 is 0. The van der Waals surface area contributed by atoms with Crippen molar-refractivity contribution in [1.29, 1.82) is 0 Å². The number of carbonyl (C=O) groups excluding carboxylic acids is 1. The van der Waals surface area contributed by atoms with Crippen molar-refractivity contribution in [3.63, 3.8) is 0 Å². The van der Waals surface area contributed by atoms with Crippen molar-refractivity contribution in [2.75, 3.05) is 0 Å². The van der Waals surface area contributed by atoms with Crippen LogP contribution in [0.1, 0.15) is 36.0 Å². The van der Waals surface area contributed by atoms with Crippen molar-refractivity contribution in [2.45, 2.75) is 25.2 Å². The van der Waals surface area contributed by atoms with E-state index in [4.69, 9.17) is 4.42 Å². The van der Waals surface area contributed by atoms with Gasteiger partial charge in [-0.15, -0.1) is 0 Å². The van der Waals surface area contributed by atoms with Crippen molar-refractivity contribution in [3.8, 4) is 0 Å². The van der Waals surface area contributed by atoms with E-state index in [1.165, 1.54) is 12.8 Å². The molecule has 1 saturated carbocycles. The summed E-state index contributed by atoms with van der Waals surface area (Å²) in [5, 5.41) is 0. The lowest BCUT2D eigenvalue weighted by Gasteiger charge is -2.00. The van der Waals surface area contributed by atoms with Gasteiger partial charge < -0.3 is 4.42 Å². The summed E-state index contributed by atoms with van der Waals surface area (Å²) < 4.78 is 5.72. The molecule has 3 rings (SSSR count). The zero-order chi connectivity index (χ0) is 10.5. The number of aldehydes is 1. The van der Waals surface area contributed by atoms with Crippen LogP contribution in [0.15, 0.2) is 22.6 Å². The molecule has 0 saturated heterocycles. The normalized spacial score (nSPS) is 17.9. The minimum absolute atomic E-state index is 0.210. The van der Waals surface area contributed by atoms with Crippen molar-refractivity contribution >= 4 is 17.4 Å². The minimum Gasteiger partial charge on any atom is -0.459 e. The number of aromatic nitrogens is 1. The zero-order valence-corrected chi connectivity index (χ0v) is 8.49. The minimum atomic E-state index is 0.210. The van der Waals surface area contributed by atoms with E-state index in [1.807, 2.05) is 6.07 Å². The lowest BCUT2D eigenvalue weighted by molar-refractivity contribution is 0.111. The molecule has 2 aromatic rings. The van der Waals surface area contributed by atoms with Crippen molar-refractivity contribution in [1.82, 2.24) is 4.98 Å². The second-order valence-corrected chi connectivity index (χ2v) is 4.41. The Labute approximate surface area is 87.1 Å². The maximum atomic E-state index is 10.6. The predicted molar refractivity (Wildman–Crippen MR) is 56.0 cm³/mol. The Morgan fingerprint density at radius 2 is 2.27 bits per heavy atom. The van der Waals surface area contributed by atoms with Gasteiger partial charge in [0.25, 0.3) is 0 Å². The van der Waals surface area contributed by atoms with Gasteiger partial charge in [-0.3, -0.25) is 4.79 Å². The number of carbonyl (C=O) groups is 1. The molecule has 0 amide bonds. The van der Waals surface area contributed by atoms with Crippen LogP contribution >= 0.6 is 0 Å². The van der Waals surface area contributed by atoms with Crippen LogP contribution in [0.5, 0.6) is 0 Å². The van der Waals surface area contributed by atoms with Gasteiger partial charge in [0.15, 0.2) is 11.9 Å². The van der Waals surface area contributed by atoms with Gasteiger partial charge in [-0.25, -0.2) is 4.98 Å². The van der Waals surface area contributed by atoms with Gasteiger partial charge in [0, 0.05) is 11.5 Å². The summed E-state index contributed by atoms with van der Waals surface area (Å²) in [5.41, 5.74) is 2.21. The molecule has 0 bridgehead atoms. The molecule has 3 heteroatoms. The first-order valence-electron chi connectivity index (χ1n) is 5.07. The van der Waals surface area contributed by atoms with Crippen molar-refractivity contribution in [3.05, 3.63) is 29.7 Å². The molecule has 0 radical (unpaired) electrons. The zero-order valence-electron chi connectivity index (χ0n) is 8.49. The molecule has 0 spiro atoms. The molecular weight excluding hydrogens is 190 g/mol. The summed E-state index contributed by atoms with van der Waals surface area (Å²) in [7, 11) is 0. The van der Waals surface area contributed by atoms with Crippen molar-refractivity contribution in [2.24, 2.45) is 0 Å². The smallest absolute Gasteiger partial charge is 0.168 e. The Morgan fingerprint density at radius 3 is 2.93 bits per heavy atom. The fourth-order valence-corrected chi connectivity index (χ4v) is 1.74. The van der Waals surface area contributed by atoms with Crippen LogP contribution in [0.2, 0.25) is 0 Å². The molecule has 1 fully saturated rings. The molecule has 1 aliphatic rings. The third-order valence-electron chi connectivity index (χ3n) is 3.11. The van der Waals surface area contributed by atoms with Crippen LogP contribution in [0.25, 0.3) is 11.1 Å². The maximum absolute atomic E-state index is 10.6. The molecular formula is C12H11NO2. The van der Waals surface area contributed by atoms with Crippen LogP contribution < -0.4 is 0 Å². The number of hydrogen-bond acceptors (Lipinski definition) is 3. The summed E-state index contributed by atoms with van der Waals surface area (Å²) in [6, 6.07) is 5.44. The molecule has 0 aliphatic heterocycles. The highest BCUT2D eigenvalue weighted by Crippen LogP contribution is 2.48. The number of pyridine rings is 1. The highest BCUT2D eigenvalue weighted by Gasteiger charge is 2.42. The number of rotatable bonds is 2. The topological polar surface area (TPSA) is 43.1 Å².